The first-order valence-corrected chi connectivity index (χ1v) is 8.68. The molecule has 0 aliphatic carbocycles. The maximum absolute atomic E-state index is 12.8. The Kier molecular flexibility index (Phi) is 4.33. The van der Waals surface area contributed by atoms with Crippen molar-refractivity contribution in [3.05, 3.63) is 60.3 Å². The van der Waals surface area contributed by atoms with Crippen LogP contribution in [0.25, 0.3) is 21.9 Å². The second-order valence-corrected chi connectivity index (χ2v) is 6.41. The summed E-state index contributed by atoms with van der Waals surface area (Å²) in [6, 6.07) is 14.7. The van der Waals surface area contributed by atoms with Crippen LogP contribution in [0.2, 0.25) is 0 Å². The number of anilines is 1. The van der Waals surface area contributed by atoms with E-state index in [4.69, 9.17) is 0 Å². The van der Waals surface area contributed by atoms with Gasteiger partial charge in [-0.05, 0) is 23.8 Å². The number of benzene rings is 2. The zero-order valence-electron chi connectivity index (χ0n) is 14.7. The molecule has 27 heavy (non-hydrogen) atoms. The molecule has 2 amide bonds. The molecule has 4 rings (SSSR count). The zero-order valence-corrected chi connectivity index (χ0v) is 14.7. The van der Waals surface area contributed by atoms with Crippen LogP contribution in [-0.4, -0.2) is 32.8 Å². The van der Waals surface area contributed by atoms with E-state index in [9.17, 15) is 9.59 Å². The van der Waals surface area contributed by atoms with E-state index in [1.807, 2.05) is 54.7 Å². The molecular weight excluding hydrogens is 342 g/mol. The fourth-order valence-electron chi connectivity index (χ4n) is 3.19. The summed E-state index contributed by atoms with van der Waals surface area (Å²) >= 11 is 0. The number of nitrogens with zero attached hydrogens (tertiary/aromatic N) is 1. The van der Waals surface area contributed by atoms with Crippen LogP contribution < -0.4 is 10.6 Å². The highest BCUT2D eigenvalue weighted by Gasteiger charge is 2.22. The highest BCUT2D eigenvalue weighted by atomic mass is 16.2. The van der Waals surface area contributed by atoms with Crippen molar-refractivity contribution in [2.75, 3.05) is 5.32 Å². The summed E-state index contributed by atoms with van der Waals surface area (Å²) in [4.78, 5) is 35.0. The van der Waals surface area contributed by atoms with E-state index in [1.165, 1.54) is 6.92 Å². The Morgan fingerprint density at radius 1 is 1.07 bits per heavy atom. The molecule has 2 aromatic heterocycles. The molecule has 7 nitrogen and oxygen atoms in total. The molecule has 2 aromatic carbocycles. The quantitative estimate of drug-likeness (QED) is 0.439. The van der Waals surface area contributed by atoms with Gasteiger partial charge in [0.15, 0.2) is 0 Å². The van der Waals surface area contributed by atoms with E-state index in [0.29, 0.717) is 12.4 Å². The molecule has 0 fully saturated rings. The minimum atomic E-state index is -0.713. The fraction of sp³-hybridized carbons (Fsp3) is 0.150. The third-order valence-electron chi connectivity index (χ3n) is 4.42. The lowest BCUT2D eigenvalue weighted by atomic mass is 10.0. The van der Waals surface area contributed by atoms with Crippen LogP contribution in [0.15, 0.2) is 54.7 Å². The average molecular weight is 361 g/mol. The number of fused-ring (bicyclic) bond motifs is 2. The van der Waals surface area contributed by atoms with E-state index in [0.717, 1.165) is 27.5 Å². The third kappa shape index (κ3) is 3.52. The van der Waals surface area contributed by atoms with Gasteiger partial charge in [0.25, 0.3) is 0 Å². The standard InChI is InChI=1S/C20H19N5O2/c1-12(26)22-18(10-13-11-21-15-7-3-2-6-14(13)15)19(27)25-20-23-16-8-4-5-9-17(16)24-20/h2-9,11,18,21H,10H2,1H3,(H,22,26)(H2,23,24,25,27)/t18-/m0/s1. The summed E-state index contributed by atoms with van der Waals surface area (Å²) in [5.41, 5.74) is 3.55. The van der Waals surface area contributed by atoms with Gasteiger partial charge in [-0.15, -0.1) is 0 Å². The first kappa shape index (κ1) is 16.8. The lowest BCUT2D eigenvalue weighted by Crippen LogP contribution is -2.44. The van der Waals surface area contributed by atoms with Gasteiger partial charge in [0.05, 0.1) is 11.0 Å². The van der Waals surface area contributed by atoms with E-state index in [2.05, 4.69) is 25.6 Å². The first-order valence-electron chi connectivity index (χ1n) is 8.68. The van der Waals surface area contributed by atoms with E-state index in [1.54, 1.807) is 0 Å². The highest BCUT2D eigenvalue weighted by Crippen LogP contribution is 2.20. The number of hydrogen-bond acceptors (Lipinski definition) is 3. The van der Waals surface area contributed by atoms with Crippen LogP contribution in [0.5, 0.6) is 0 Å². The number of aromatic nitrogens is 3. The largest absolute Gasteiger partial charge is 0.361 e. The van der Waals surface area contributed by atoms with Gasteiger partial charge in [-0.2, -0.15) is 0 Å². The number of amides is 2. The molecule has 0 radical (unpaired) electrons. The van der Waals surface area contributed by atoms with Crippen molar-refractivity contribution in [1.82, 2.24) is 20.3 Å². The summed E-state index contributed by atoms with van der Waals surface area (Å²) in [5, 5.41) is 6.53. The van der Waals surface area contributed by atoms with Crippen LogP contribution >= 0.6 is 0 Å². The molecule has 2 heterocycles. The molecule has 0 unspecified atom stereocenters. The van der Waals surface area contributed by atoms with Crippen molar-refractivity contribution in [3.8, 4) is 0 Å². The molecule has 0 bridgehead atoms. The number of H-pyrrole nitrogens is 2. The Morgan fingerprint density at radius 3 is 2.59 bits per heavy atom. The number of imidazole rings is 1. The van der Waals surface area contributed by atoms with Gasteiger partial charge in [0, 0.05) is 30.4 Å². The Labute approximate surface area is 155 Å². The van der Waals surface area contributed by atoms with Crippen LogP contribution in [-0.2, 0) is 16.0 Å². The van der Waals surface area contributed by atoms with Gasteiger partial charge in [0.1, 0.15) is 6.04 Å². The minimum absolute atomic E-state index is 0.264. The predicted molar refractivity (Wildman–Crippen MR) is 104 cm³/mol. The van der Waals surface area contributed by atoms with Crippen molar-refractivity contribution < 1.29 is 9.59 Å². The van der Waals surface area contributed by atoms with Gasteiger partial charge >= 0.3 is 0 Å². The molecule has 0 saturated heterocycles. The Bertz CT molecular complexity index is 1090. The number of carbonyl (C=O) groups excluding carboxylic acids is 2. The van der Waals surface area contributed by atoms with Gasteiger partial charge in [0.2, 0.25) is 17.8 Å². The van der Waals surface area contributed by atoms with Gasteiger partial charge in [-0.25, -0.2) is 4.98 Å². The molecule has 0 aliphatic heterocycles. The van der Waals surface area contributed by atoms with Gasteiger partial charge in [-0.1, -0.05) is 30.3 Å². The minimum Gasteiger partial charge on any atom is -0.361 e. The normalized spacial score (nSPS) is 12.2. The maximum Gasteiger partial charge on any atom is 0.249 e. The molecule has 0 saturated carbocycles. The third-order valence-corrected chi connectivity index (χ3v) is 4.42. The number of para-hydroxylation sites is 3. The molecule has 0 spiro atoms. The summed E-state index contributed by atoms with van der Waals surface area (Å²) in [6.07, 6.45) is 2.24. The number of rotatable bonds is 5. The van der Waals surface area contributed by atoms with Crippen LogP contribution in [0.1, 0.15) is 12.5 Å². The average Bonchev–Trinajstić information content (AvgIpc) is 3.24. The highest BCUT2D eigenvalue weighted by molar-refractivity contribution is 5.97. The van der Waals surface area contributed by atoms with E-state index < -0.39 is 6.04 Å². The monoisotopic (exact) mass is 361 g/mol. The van der Waals surface area contributed by atoms with Crippen molar-refractivity contribution in [3.63, 3.8) is 0 Å². The van der Waals surface area contributed by atoms with Crippen LogP contribution in [0, 0.1) is 0 Å². The molecule has 136 valence electrons. The first-order chi connectivity index (χ1) is 13.1. The van der Waals surface area contributed by atoms with E-state index >= 15 is 0 Å². The van der Waals surface area contributed by atoms with Gasteiger partial charge in [-0.3, -0.25) is 14.9 Å². The molecule has 1 atom stereocenters. The smallest absolute Gasteiger partial charge is 0.249 e. The molecule has 4 aromatic rings. The Balaban J connectivity index is 1.57. The maximum atomic E-state index is 12.8. The lowest BCUT2D eigenvalue weighted by Gasteiger charge is -2.16. The van der Waals surface area contributed by atoms with Crippen LogP contribution in [0.4, 0.5) is 5.95 Å². The second kappa shape index (κ2) is 6.95. The fourth-order valence-corrected chi connectivity index (χ4v) is 3.19. The Morgan fingerprint density at radius 2 is 1.81 bits per heavy atom. The number of hydrogen-bond donors (Lipinski definition) is 4. The second-order valence-electron chi connectivity index (χ2n) is 6.41. The topological polar surface area (TPSA) is 103 Å². The number of carbonyl (C=O) groups is 2. The Hall–Kier alpha value is -3.61. The summed E-state index contributed by atoms with van der Waals surface area (Å²) in [6.45, 7) is 1.40. The summed E-state index contributed by atoms with van der Waals surface area (Å²) < 4.78 is 0. The lowest BCUT2D eigenvalue weighted by molar-refractivity contribution is -0.125. The van der Waals surface area contributed by atoms with Crippen molar-refractivity contribution in [1.29, 1.82) is 0 Å². The van der Waals surface area contributed by atoms with Gasteiger partial charge < -0.3 is 15.3 Å². The van der Waals surface area contributed by atoms with Crippen LogP contribution in [0.3, 0.4) is 0 Å². The summed E-state index contributed by atoms with van der Waals surface area (Å²) in [5.74, 6) is -0.232. The van der Waals surface area contributed by atoms with Crippen molar-refractivity contribution in [2.45, 2.75) is 19.4 Å². The number of aromatic amines is 2. The van der Waals surface area contributed by atoms with Crippen molar-refractivity contribution >= 4 is 39.7 Å². The van der Waals surface area contributed by atoms with Crippen molar-refractivity contribution in [2.24, 2.45) is 0 Å². The molecule has 0 aliphatic rings. The summed E-state index contributed by atoms with van der Waals surface area (Å²) in [7, 11) is 0. The predicted octanol–water partition coefficient (Wildman–Crippen LogP) is 2.73. The molecular formula is C20H19N5O2. The molecule has 7 heteroatoms. The number of nitrogens with one attached hydrogen (secondary N) is 4. The van der Waals surface area contributed by atoms with E-state index in [-0.39, 0.29) is 11.8 Å². The zero-order chi connectivity index (χ0) is 18.8. The molecule has 4 N–H and O–H groups in total. The SMILES string of the molecule is CC(=O)N[C@@H](Cc1c[nH]c2ccccc12)C(=O)Nc1nc2ccccc2[nH]1.